The molecule has 3 rings (SSSR count). The lowest BCUT2D eigenvalue weighted by Crippen LogP contribution is -2.51. The second kappa shape index (κ2) is 13.2. The second-order valence-corrected chi connectivity index (χ2v) is 10.0. The van der Waals surface area contributed by atoms with Crippen LogP contribution in [-0.2, 0) is 0 Å². The van der Waals surface area contributed by atoms with Gasteiger partial charge in [-0.3, -0.25) is 4.79 Å². The van der Waals surface area contributed by atoms with Crippen LogP contribution >= 0.6 is 0 Å². The largest absolute Gasteiger partial charge is 0.493 e. The number of hydrogen-bond donors (Lipinski definition) is 2. The van der Waals surface area contributed by atoms with Crippen molar-refractivity contribution in [3.8, 4) is 29.2 Å². The molecule has 39 heavy (non-hydrogen) atoms. The maximum Gasteiger partial charge on any atom is 0.317 e. The van der Waals surface area contributed by atoms with E-state index in [-0.39, 0.29) is 48.5 Å². The number of rotatable bonds is 7. The lowest BCUT2D eigenvalue weighted by atomic mass is 10.00. The topological polar surface area (TPSA) is 113 Å². The zero-order valence-corrected chi connectivity index (χ0v) is 23.6. The number of aliphatic hydroxyl groups is 1. The number of aliphatic hydroxyl groups excluding tert-OH is 1. The highest BCUT2D eigenvalue weighted by atomic mass is 16.5. The number of likely N-dealkylation sites (N-methyl/N-ethyl adjacent to an activating group) is 1. The molecule has 10 heteroatoms. The molecule has 0 spiro atoms. The minimum absolute atomic E-state index is 0.00457. The maximum atomic E-state index is 13.6. The van der Waals surface area contributed by atoms with Crippen molar-refractivity contribution in [2.24, 2.45) is 5.92 Å². The molecule has 1 aliphatic rings. The molecule has 2 heterocycles. The number of hydrogen-bond acceptors (Lipinski definition) is 7. The van der Waals surface area contributed by atoms with Gasteiger partial charge < -0.3 is 34.4 Å². The van der Waals surface area contributed by atoms with Crippen LogP contribution in [0.25, 0.3) is 0 Å². The van der Waals surface area contributed by atoms with Crippen LogP contribution in [-0.4, -0.2) is 91.0 Å². The van der Waals surface area contributed by atoms with Crippen molar-refractivity contribution in [1.29, 1.82) is 0 Å². The number of amides is 3. The van der Waals surface area contributed by atoms with E-state index in [1.165, 1.54) is 0 Å². The van der Waals surface area contributed by atoms with Gasteiger partial charge in [0.2, 0.25) is 5.88 Å². The summed E-state index contributed by atoms with van der Waals surface area (Å²) in [5.74, 6) is 7.01. The molecule has 0 saturated carbocycles. The van der Waals surface area contributed by atoms with Gasteiger partial charge in [-0.15, -0.1) is 0 Å². The Kier molecular flexibility index (Phi) is 10.0. The third-order valence-corrected chi connectivity index (χ3v) is 6.47. The number of benzene rings is 1. The molecule has 0 saturated heterocycles. The van der Waals surface area contributed by atoms with Gasteiger partial charge in [0.25, 0.3) is 5.91 Å². The summed E-state index contributed by atoms with van der Waals surface area (Å²) in [6, 6.07) is 6.36. The predicted molar refractivity (Wildman–Crippen MR) is 147 cm³/mol. The predicted octanol–water partition coefficient (Wildman–Crippen LogP) is 2.77. The van der Waals surface area contributed by atoms with Crippen molar-refractivity contribution < 1.29 is 28.9 Å². The number of fused-ring (bicyclic) bond motifs is 1. The number of carbonyl (C=O) groups is 2. The molecule has 0 fully saturated rings. The molecular weight excluding hydrogens is 500 g/mol. The first kappa shape index (κ1) is 29.6. The number of pyridine rings is 1. The van der Waals surface area contributed by atoms with E-state index in [0.717, 1.165) is 0 Å². The summed E-state index contributed by atoms with van der Waals surface area (Å²) < 4.78 is 16.9. The molecule has 2 N–H and O–H groups in total. The Bertz CT molecular complexity index is 1240. The van der Waals surface area contributed by atoms with Gasteiger partial charge in [0.1, 0.15) is 11.7 Å². The SMILES string of the molecule is COc1ccc(C#Cc2cnc3c(c2)C(=O)N([C@H](C)CO)C[C@H](C)[C@H](CN(C)C(=O)NC(C)C)O3)cc1OC. The molecule has 0 aliphatic carbocycles. The fraction of sp³-hybridized carbons (Fsp3) is 0.483. The summed E-state index contributed by atoms with van der Waals surface area (Å²) in [5.41, 5.74) is 1.48. The summed E-state index contributed by atoms with van der Waals surface area (Å²) in [6.07, 6.45) is 1.11. The highest BCUT2D eigenvalue weighted by molar-refractivity contribution is 5.97. The molecule has 210 valence electrons. The van der Waals surface area contributed by atoms with E-state index in [9.17, 15) is 14.7 Å². The van der Waals surface area contributed by atoms with Gasteiger partial charge in [0, 0.05) is 42.9 Å². The molecule has 2 aromatic rings. The lowest BCUT2D eigenvalue weighted by Gasteiger charge is -2.37. The quantitative estimate of drug-likeness (QED) is 0.521. The minimum Gasteiger partial charge on any atom is -0.493 e. The number of nitrogens with zero attached hydrogens (tertiary/aromatic N) is 3. The molecule has 1 aromatic heterocycles. The van der Waals surface area contributed by atoms with Crippen LogP contribution in [0.4, 0.5) is 4.79 Å². The summed E-state index contributed by atoms with van der Waals surface area (Å²) >= 11 is 0. The summed E-state index contributed by atoms with van der Waals surface area (Å²) in [5, 5.41) is 12.7. The first-order chi connectivity index (χ1) is 18.6. The zero-order valence-electron chi connectivity index (χ0n) is 23.6. The van der Waals surface area contributed by atoms with E-state index in [1.54, 1.807) is 62.4 Å². The van der Waals surface area contributed by atoms with Crippen LogP contribution in [0.5, 0.6) is 17.4 Å². The van der Waals surface area contributed by atoms with Crippen molar-refractivity contribution in [3.63, 3.8) is 0 Å². The Morgan fingerprint density at radius 1 is 1.21 bits per heavy atom. The number of aromatic nitrogens is 1. The first-order valence-corrected chi connectivity index (χ1v) is 12.9. The Morgan fingerprint density at radius 3 is 2.54 bits per heavy atom. The third-order valence-electron chi connectivity index (χ3n) is 6.47. The molecule has 3 atom stereocenters. The van der Waals surface area contributed by atoms with Gasteiger partial charge in [0.15, 0.2) is 11.5 Å². The van der Waals surface area contributed by atoms with E-state index >= 15 is 0 Å². The highest BCUT2D eigenvalue weighted by Crippen LogP contribution is 2.28. The molecular formula is C29H38N4O6. The van der Waals surface area contributed by atoms with Crippen molar-refractivity contribution in [2.75, 3.05) is 41.0 Å². The Balaban J connectivity index is 1.96. The van der Waals surface area contributed by atoms with Crippen LogP contribution in [0.3, 0.4) is 0 Å². The van der Waals surface area contributed by atoms with E-state index in [0.29, 0.717) is 29.2 Å². The first-order valence-electron chi connectivity index (χ1n) is 12.9. The van der Waals surface area contributed by atoms with Gasteiger partial charge in [-0.2, -0.15) is 0 Å². The monoisotopic (exact) mass is 538 g/mol. The number of carbonyl (C=O) groups excluding carboxylic acids is 2. The van der Waals surface area contributed by atoms with Crippen LogP contribution in [0.1, 0.15) is 49.2 Å². The van der Waals surface area contributed by atoms with Crippen LogP contribution in [0.15, 0.2) is 30.5 Å². The molecule has 0 radical (unpaired) electrons. The number of urea groups is 1. The summed E-state index contributed by atoms with van der Waals surface area (Å²) in [4.78, 5) is 33.8. The molecule has 1 aromatic carbocycles. The van der Waals surface area contributed by atoms with Crippen LogP contribution in [0, 0.1) is 17.8 Å². The van der Waals surface area contributed by atoms with Crippen molar-refractivity contribution in [1.82, 2.24) is 20.1 Å². The number of methoxy groups -OCH3 is 2. The van der Waals surface area contributed by atoms with Gasteiger partial charge >= 0.3 is 6.03 Å². The summed E-state index contributed by atoms with van der Waals surface area (Å²) in [6.45, 7) is 7.97. The lowest BCUT2D eigenvalue weighted by molar-refractivity contribution is 0.0351. The fourth-order valence-corrected chi connectivity index (χ4v) is 4.16. The normalized spacial score (nSPS) is 17.6. The standard InChI is InChI=1S/C29H38N4O6/c1-18(2)31-29(36)32(5)16-26-19(3)15-33(20(4)17-34)28(35)23-12-22(14-30-27(23)39-26)9-8-21-10-11-24(37-6)25(13-21)38-7/h10-14,18-20,26,34H,15-17H2,1-7H3,(H,31,36)/t19-,20+,26-/m0/s1. The Morgan fingerprint density at radius 2 is 1.90 bits per heavy atom. The van der Waals surface area contributed by atoms with E-state index in [4.69, 9.17) is 14.2 Å². The third kappa shape index (κ3) is 7.33. The highest BCUT2D eigenvalue weighted by Gasteiger charge is 2.34. The molecule has 0 unspecified atom stereocenters. The van der Waals surface area contributed by atoms with Crippen LogP contribution in [0.2, 0.25) is 0 Å². The van der Waals surface area contributed by atoms with E-state index in [1.807, 2.05) is 26.8 Å². The van der Waals surface area contributed by atoms with Crippen molar-refractivity contribution >= 4 is 11.9 Å². The van der Waals surface area contributed by atoms with Gasteiger partial charge in [0.05, 0.1) is 33.4 Å². The Labute approximate surface area is 230 Å². The maximum absolute atomic E-state index is 13.6. The molecule has 3 amide bonds. The number of nitrogens with one attached hydrogen (secondary N) is 1. The fourth-order valence-electron chi connectivity index (χ4n) is 4.16. The zero-order chi connectivity index (χ0) is 28.7. The molecule has 1 aliphatic heterocycles. The Hall–Kier alpha value is -3.97. The smallest absolute Gasteiger partial charge is 0.317 e. The van der Waals surface area contributed by atoms with Crippen LogP contribution < -0.4 is 19.5 Å². The molecule has 0 bridgehead atoms. The van der Waals surface area contributed by atoms with E-state index in [2.05, 4.69) is 22.1 Å². The van der Waals surface area contributed by atoms with Crippen molar-refractivity contribution in [3.05, 3.63) is 47.2 Å². The average Bonchev–Trinajstić information content (AvgIpc) is 2.92. The van der Waals surface area contributed by atoms with Gasteiger partial charge in [-0.05, 0) is 45.0 Å². The number of ether oxygens (including phenoxy) is 3. The van der Waals surface area contributed by atoms with Gasteiger partial charge in [-0.25, -0.2) is 9.78 Å². The van der Waals surface area contributed by atoms with E-state index < -0.39 is 12.1 Å². The minimum atomic E-state index is -0.440. The second-order valence-electron chi connectivity index (χ2n) is 10.0. The van der Waals surface area contributed by atoms with Gasteiger partial charge in [-0.1, -0.05) is 18.8 Å². The summed E-state index contributed by atoms with van der Waals surface area (Å²) in [7, 11) is 4.82. The molecule has 10 nitrogen and oxygen atoms in total. The van der Waals surface area contributed by atoms with Crippen molar-refractivity contribution in [2.45, 2.75) is 45.9 Å². The average molecular weight is 539 g/mol.